The van der Waals surface area contributed by atoms with Gasteiger partial charge in [-0.2, -0.15) is 0 Å². The predicted octanol–water partition coefficient (Wildman–Crippen LogP) is 5.93. The standard InChI is InChI=1S/C24H16N4/c1-2-12-20-19(11-1)25-23(26-20)17-9-5-8-16-15(17)7-6-10-18(16)24-27-21-13-3-4-14-22(21)28-24/h1-14H,(H,25,26)(H,27,28). The van der Waals surface area contributed by atoms with Crippen LogP contribution in [0.4, 0.5) is 0 Å². The third-order valence-electron chi connectivity index (χ3n) is 5.21. The van der Waals surface area contributed by atoms with Gasteiger partial charge in [0, 0.05) is 11.1 Å². The molecule has 0 aliphatic heterocycles. The summed E-state index contributed by atoms with van der Waals surface area (Å²) >= 11 is 0. The van der Waals surface area contributed by atoms with Crippen molar-refractivity contribution in [3.63, 3.8) is 0 Å². The third-order valence-corrected chi connectivity index (χ3v) is 5.21. The number of hydrogen-bond donors (Lipinski definition) is 2. The summed E-state index contributed by atoms with van der Waals surface area (Å²) in [4.78, 5) is 16.5. The van der Waals surface area contributed by atoms with Gasteiger partial charge in [0.05, 0.1) is 22.1 Å². The average molecular weight is 360 g/mol. The number of nitrogens with zero attached hydrogens (tertiary/aromatic N) is 2. The zero-order valence-electron chi connectivity index (χ0n) is 15.0. The first-order valence-corrected chi connectivity index (χ1v) is 9.29. The molecule has 0 aliphatic rings. The second kappa shape index (κ2) is 5.79. The van der Waals surface area contributed by atoms with Crippen molar-refractivity contribution in [3.8, 4) is 22.8 Å². The first-order valence-electron chi connectivity index (χ1n) is 9.29. The van der Waals surface area contributed by atoms with E-state index in [1.165, 1.54) is 0 Å². The van der Waals surface area contributed by atoms with Crippen molar-refractivity contribution in [2.75, 3.05) is 0 Å². The first kappa shape index (κ1) is 15.2. The molecule has 0 radical (unpaired) electrons. The van der Waals surface area contributed by atoms with Crippen LogP contribution in [0.2, 0.25) is 0 Å². The Morgan fingerprint density at radius 2 is 0.929 bits per heavy atom. The van der Waals surface area contributed by atoms with Gasteiger partial charge in [-0.3, -0.25) is 0 Å². The van der Waals surface area contributed by atoms with Crippen LogP contribution in [-0.2, 0) is 0 Å². The Labute approximate surface area is 160 Å². The molecule has 0 aliphatic carbocycles. The van der Waals surface area contributed by atoms with Crippen molar-refractivity contribution in [2.45, 2.75) is 0 Å². The molecule has 0 saturated carbocycles. The molecular weight excluding hydrogens is 344 g/mol. The minimum absolute atomic E-state index is 0.883. The van der Waals surface area contributed by atoms with E-state index in [4.69, 9.17) is 9.97 Å². The maximum absolute atomic E-state index is 4.79. The lowest BCUT2D eigenvalue weighted by molar-refractivity contribution is 1.34. The molecular formula is C24H16N4. The highest BCUT2D eigenvalue weighted by molar-refractivity contribution is 6.03. The molecule has 132 valence electrons. The largest absolute Gasteiger partial charge is 0.338 e. The molecule has 2 heterocycles. The molecule has 0 spiro atoms. The smallest absolute Gasteiger partial charge is 0.139 e. The van der Waals surface area contributed by atoms with Gasteiger partial charge < -0.3 is 9.97 Å². The fraction of sp³-hybridized carbons (Fsp3) is 0. The first-order chi connectivity index (χ1) is 13.9. The Bertz CT molecular complexity index is 1290. The lowest BCUT2D eigenvalue weighted by atomic mass is 9.99. The van der Waals surface area contributed by atoms with Gasteiger partial charge in [-0.15, -0.1) is 0 Å². The van der Waals surface area contributed by atoms with Gasteiger partial charge in [-0.25, -0.2) is 9.97 Å². The second-order valence-electron chi connectivity index (χ2n) is 6.91. The topological polar surface area (TPSA) is 57.4 Å². The average Bonchev–Trinajstić information content (AvgIpc) is 3.36. The summed E-state index contributed by atoms with van der Waals surface area (Å²) < 4.78 is 0. The Hall–Kier alpha value is -3.92. The van der Waals surface area contributed by atoms with Crippen molar-refractivity contribution in [1.29, 1.82) is 0 Å². The normalized spacial score (nSPS) is 11.6. The number of aromatic nitrogens is 4. The number of imidazole rings is 2. The number of para-hydroxylation sites is 4. The van der Waals surface area contributed by atoms with Crippen LogP contribution in [0.1, 0.15) is 0 Å². The number of aromatic amines is 2. The number of fused-ring (bicyclic) bond motifs is 3. The van der Waals surface area contributed by atoms with E-state index in [1.807, 2.05) is 36.4 Å². The number of rotatable bonds is 2. The zero-order valence-corrected chi connectivity index (χ0v) is 15.0. The van der Waals surface area contributed by atoms with E-state index in [2.05, 4.69) is 58.5 Å². The van der Waals surface area contributed by atoms with Crippen LogP contribution in [0, 0.1) is 0 Å². The summed E-state index contributed by atoms with van der Waals surface area (Å²) in [7, 11) is 0. The van der Waals surface area contributed by atoms with Gasteiger partial charge in [-0.05, 0) is 35.0 Å². The molecule has 0 bridgehead atoms. The summed E-state index contributed by atoms with van der Waals surface area (Å²) in [6.07, 6.45) is 0. The van der Waals surface area contributed by atoms with E-state index in [0.717, 1.165) is 55.6 Å². The van der Waals surface area contributed by atoms with Crippen LogP contribution < -0.4 is 0 Å². The zero-order chi connectivity index (χ0) is 18.5. The Morgan fingerprint density at radius 3 is 1.39 bits per heavy atom. The van der Waals surface area contributed by atoms with E-state index in [9.17, 15) is 0 Å². The van der Waals surface area contributed by atoms with Gasteiger partial charge in [-0.1, -0.05) is 60.7 Å². The molecule has 0 atom stereocenters. The van der Waals surface area contributed by atoms with Gasteiger partial charge in [0.25, 0.3) is 0 Å². The van der Waals surface area contributed by atoms with Crippen LogP contribution in [0.15, 0.2) is 84.9 Å². The number of hydrogen-bond acceptors (Lipinski definition) is 2. The predicted molar refractivity (Wildman–Crippen MR) is 114 cm³/mol. The Balaban J connectivity index is 1.59. The third kappa shape index (κ3) is 2.25. The number of H-pyrrole nitrogens is 2. The second-order valence-corrected chi connectivity index (χ2v) is 6.91. The molecule has 6 aromatic rings. The lowest BCUT2D eigenvalue weighted by Crippen LogP contribution is -1.87. The summed E-state index contributed by atoms with van der Waals surface area (Å²) in [6, 6.07) is 28.9. The SMILES string of the molecule is c1ccc2[nH]c(-c3cccc4c(-c5nc6ccccc6[nH]5)cccc34)nc2c1. The van der Waals surface area contributed by atoms with Gasteiger partial charge in [0.15, 0.2) is 0 Å². The molecule has 6 rings (SSSR count). The lowest BCUT2D eigenvalue weighted by Gasteiger charge is -2.08. The van der Waals surface area contributed by atoms with Crippen LogP contribution in [-0.4, -0.2) is 19.9 Å². The highest BCUT2D eigenvalue weighted by atomic mass is 14.9. The molecule has 0 unspecified atom stereocenters. The number of benzene rings is 4. The molecule has 2 N–H and O–H groups in total. The van der Waals surface area contributed by atoms with Crippen LogP contribution >= 0.6 is 0 Å². The van der Waals surface area contributed by atoms with E-state index in [1.54, 1.807) is 0 Å². The molecule has 4 nitrogen and oxygen atoms in total. The van der Waals surface area contributed by atoms with Crippen LogP contribution in [0.5, 0.6) is 0 Å². The van der Waals surface area contributed by atoms with Crippen molar-refractivity contribution >= 4 is 32.8 Å². The summed E-state index contributed by atoms with van der Waals surface area (Å²) in [5.74, 6) is 1.77. The van der Waals surface area contributed by atoms with Gasteiger partial charge >= 0.3 is 0 Å². The monoisotopic (exact) mass is 360 g/mol. The maximum atomic E-state index is 4.79. The van der Waals surface area contributed by atoms with Crippen molar-refractivity contribution in [1.82, 2.24) is 19.9 Å². The maximum Gasteiger partial charge on any atom is 0.139 e. The summed E-state index contributed by atoms with van der Waals surface area (Å²) in [6.45, 7) is 0. The van der Waals surface area contributed by atoms with Gasteiger partial charge in [0.2, 0.25) is 0 Å². The van der Waals surface area contributed by atoms with E-state index in [-0.39, 0.29) is 0 Å². The quantitative estimate of drug-likeness (QED) is 0.402. The minimum Gasteiger partial charge on any atom is -0.338 e. The van der Waals surface area contributed by atoms with E-state index in [0.29, 0.717) is 0 Å². The highest BCUT2D eigenvalue weighted by Crippen LogP contribution is 2.34. The summed E-state index contributed by atoms with van der Waals surface area (Å²) in [5, 5.41) is 2.30. The molecule has 4 aromatic carbocycles. The summed E-state index contributed by atoms with van der Waals surface area (Å²) in [5.41, 5.74) is 6.22. The Kier molecular flexibility index (Phi) is 3.14. The molecule has 0 fully saturated rings. The van der Waals surface area contributed by atoms with Crippen molar-refractivity contribution in [3.05, 3.63) is 84.9 Å². The van der Waals surface area contributed by atoms with E-state index < -0.39 is 0 Å². The number of nitrogens with one attached hydrogen (secondary N) is 2. The van der Waals surface area contributed by atoms with E-state index >= 15 is 0 Å². The van der Waals surface area contributed by atoms with Crippen LogP contribution in [0.3, 0.4) is 0 Å². The Morgan fingerprint density at radius 1 is 0.464 bits per heavy atom. The molecule has 28 heavy (non-hydrogen) atoms. The minimum atomic E-state index is 0.883. The van der Waals surface area contributed by atoms with Crippen molar-refractivity contribution < 1.29 is 0 Å². The van der Waals surface area contributed by atoms with Crippen LogP contribution in [0.25, 0.3) is 55.6 Å². The molecule has 2 aromatic heterocycles. The van der Waals surface area contributed by atoms with Crippen molar-refractivity contribution in [2.24, 2.45) is 0 Å². The highest BCUT2D eigenvalue weighted by Gasteiger charge is 2.13. The molecule has 0 saturated heterocycles. The fourth-order valence-electron chi connectivity index (χ4n) is 3.88. The van der Waals surface area contributed by atoms with Gasteiger partial charge in [0.1, 0.15) is 11.6 Å². The molecule has 0 amide bonds. The molecule has 4 heteroatoms. The fourth-order valence-corrected chi connectivity index (χ4v) is 3.88.